The number of anilines is 2. The molecule has 4 rings (SSSR count). The van der Waals surface area contributed by atoms with Crippen LogP contribution in [-0.2, 0) is 28.0 Å². The molecule has 0 bridgehead atoms. The third-order valence-electron chi connectivity index (χ3n) is 5.45. The second-order valence-electron chi connectivity index (χ2n) is 8.38. The summed E-state index contributed by atoms with van der Waals surface area (Å²) in [5.74, 6) is 0.794. The molecule has 0 fully saturated rings. The highest BCUT2D eigenvalue weighted by atomic mass is 32.2. The monoisotopic (exact) mass is 516 g/mol. The quantitative estimate of drug-likeness (QED) is 0.294. The largest absolute Gasteiger partial charge is 0.489 e. The van der Waals surface area contributed by atoms with Gasteiger partial charge in [0.05, 0.1) is 11.9 Å². The maximum absolute atomic E-state index is 12.7. The lowest BCUT2D eigenvalue weighted by Gasteiger charge is -2.22. The molecule has 0 spiro atoms. The number of amides is 1. The maximum atomic E-state index is 12.7. The minimum atomic E-state index is -3.70. The van der Waals surface area contributed by atoms with E-state index in [0.29, 0.717) is 36.1 Å². The lowest BCUT2D eigenvalue weighted by atomic mass is 10.2. The van der Waals surface area contributed by atoms with E-state index in [4.69, 9.17) is 9.47 Å². The smallest absolute Gasteiger partial charge is 0.245 e. The number of sulfonamides is 1. The van der Waals surface area contributed by atoms with Gasteiger partial charge in [0.2, 0.25) is 15.9 Å². The lowest BCUT2D eigenvalue weighted by Crippen LogP contribution is -2.37. The van der Waals surface area contributed by atoms with Gasteiger partial charge in [-0.1, -0.05) is 60.7 Å². The highest BCUT2D eigenvalue weighted by Crippen LogP contribution is 2.23. The second-order valence-corrected chi connectivity index (χ2v) is 10.3. The molecule has 8 heteroatoms. The van der Waals surface area contributed by atoms with Gasteiger partial charge in [0.15, 0.2) is 0 Å². The van der Waals surface area contributed by atoms with Crippen molar-refractivity contribution in [3.63, 3.8) is 0 Å². The van der Waals surface area contributed by atoms with Gasteiger partial charge in [-0.25, -0.2) is 8.42 Å². The summed E-state index contributed by atoms with van der Waals surface area (Å²) in [6.45, 7) is 0.468. The summed E-state index contributed by atoms with van der Waals surface area (Å²) >= 11 is 0. The van der Waals surface area contributed by atoms with Crippen molar-refractivity contribution < 1.29 is 22.7 Å². The molecule has 4 aromatic rings. The molecule has 190 valence electrons. The van der Waals surface area contributed by atoms with Crippen molar-refractivity contribution in [2.75, 3.05) is 22.4 Å². The van der Waals surface area contributed by atoms with Gasteiger partial charge in [0.1, 0.15) is 31.3 Å². The van der Waals surface area contributed by atoms with E-state index in [2.05, 4.69) is 5.32 Å². The van der Waals surface area contributed by atoms with E-state index in [1.807, 2.05) is 60.7 Å². The molecule has 0 aliphatic heterocycles. The van der Waals surface area contributed by atoms with E-state index in [0.717, 1.165) is 21.7 Å². The van der Waals surface area contributed by atoms with Gasteiger partial charge in [-0.3, -0.25) is 9.10 Å². The Morgan fingerprint density at radius 2 is 1.16 bits per heavy atom. The van der Waals surface area contributed by atoms with Crippen LogP contribution < -0.4 is 19.1 Å². The first-order chi connectivity index (χ1) is 17.9. The SMILES string of the molecule is CS(=O)(=O)N(CC(=O)Nc1ccc(OCc2ccccc2)cc1)c1ccc(OCc2ccccc2)cc1. The van der Waals surface area contributed by atoms with Crippen LogP contribution in [0.3, 0.4) is 0 Å². The van der Waals surface area contributed by atoms with E-state index in [1.165, 1.54) is 0 Å². The van der Waals surface area contributed by atoms with E-state index >= 15 is 0 Å². The highest BCUT2D eigenvalue weighted by Gasteiger charge is 2.21. The Kier molecular flexibility index (Phi) is 8.43. The lowest BCUT2D eigenvalue weighted by molar-refractivity contribution is -0.114. The zero-order chi connectivity index (χ0) is 26.1. The Labute approximate surface area is 217 Å². The van der Waals surface area contributed by atoms with Crippen LogP contribution in [-0.4, -0.2) is 27.1 Å². The molecule has 0 atom stereocenters. The summed E-state index contributed by atoms with van der Waals surface area (Å²) in [5.41, 5.74) is 2.98. The van der Waals surface area contributed by atoms with Gasteiger partial charge in [-0.15, -0.1) is 0 Å². The molecular weight excluding hydrogens is 488 g/mol. The summed E-state index contributed by atoms with van der Waals surface area (Å²) in [6.07, 6.45) is 1.07. The van der Waals surface area contributed by atoms with Gasteiger partial charge in [-0.05, 0) is 59.7 Å². The number of nitrogens with one attached hydrogen (secondary N) is 1. The van der Waals surface area contributed by atoms with Crippen LogP contribution in [0.15, 0.2) is 109 Å². The van der Waals surface area contributed by atoms with Crippen molar-refractivity contribution in [1.29, 1.82) is 0 Å². The maximum Gasteiger partial charge on any atom is 0.245 e. The van der Waals surface area contributed by atoms with Crippen molar-refractivity contribution in [3.8, 4) is 11.5 Å². The summed E-state index contributed by atoms with van der Waals surface area (Å²) < 4.78 is 37.5. The average Bonchev–Trinajstić information content (AvgIpc) is 2.91. The summed E-state index contributed by atoms with van der Waals surface area (Å²) in [7, 11) is -3.70. The molecule has 1 N–H and O–H groups in total. The Bertz CT molecular complexity index is 1390. The molecule has 0 radical (unpaired) electrons. The van der Waals surface area contributed by atoms with Crippen LogP contribution in [0.25, 0.3) is 0 Å². The van der Waals surface area contributed by atoms with Crippen LogP contribution in [0.5, 0.6) is 11.5 Å². The van der Waals surface area contributed by atoms with Crippen molar-refractivity contribution >= 4 is 27.3 Å². The third-order valence-corrected chi connectivity index (χ3v) is 6.59. The van der Waals surface area contributed by atoms with Crippen molar-refractivity contribution in [3.05, 3.63) is 120 Å². The van der Waals surface area contributed by atoms with E-state index < -0.39 is 15.9 Å². The first kappa shape index (κ1) is 25.8. The van der Waals surface area contributed by atoms with Crippen LogP contribution in [0.2, 0.25) is 0 Å². The van der Waals surface area contributed by atoms with Crippen molar-refractivity contribution in [2.24, 2.45) is 0 Å². The van der Waals surface area contributed by atoms with Crippen molar-refractivity contribution in [1.82, 2.24) is 0 Å². The predicted molar refractivity (Wildman–Crippen MR) is 145 cm³/mol. The standard InChI is InChI=1S/C29H28N2O5S/c1-37(33,34)31(26-14-18-28(19-15-26)36-22-24-10-6-3-7-11-24)20-29(32)30-25-12-16-27(17-13-25)35-21-23-8-4-2-5-9-23/h2-19H,20-22H2,1H3,(H,30,32). The van der Waals surface area contributed by atoms with Gasteiger partial charge >= 0.3 is 0 Å². The first-order valence-electron chi connectivity index (χ1n) is 11.7. The van der Waals surface area contributed by atoms with Gasteiger partial charge in [-0.2, -0.15) is 0 Å². The molecule has 37 heavy (non-hydrogen) atoms. The fourth-order valence-electron chi connectivity index (χ4n) is 3.56. The van der Waals surface area contributed by atoms with Crippen LogP contribution in [0.1, 0.15) is 11.1 Å². The Morgan fingerprint density at radius 3 is 1.62 bits per heavy atom. The van der Waals surface area contributed by atoms with Gasteiger partial charge < -0.3 is 14.8 Å². The van der Waals surface area contributed by atoms with E-state index in [9.17, 15) is 13.2 Å². The molecule has 0 heterocycles. The minimum Gasteiger partial charge on any atom is -0.489 e. The minimum absolute atomic E-state index is 0.366. The first-order valence-corrected chi connectivity index (χ1v) is 13.5. The van der Waals surface area contributed by atoms with Crippen LogP contribution in [0, 0.1) is 0 Å². The molecule has 0 aliphatic rings. The summed E-state index contributed by atoms with van der Waals surface area (Å²) in [4.78, 5) is 12.7. The Balaban J connectivity index is 1.34. The number of nitrogens with zero attached hydrogens (tertiary/aromatic N) is 1. The van der Waals surface area contributed by atoms with Gasteiger partial charge in [0.25, 0.3) is 0 Å². The molecular formula is C29H28N2O5S. The third kappa shape index (κ3) is 7.85. The van der Waals surface area contributed by atoms with Crippen LogP contribution in [0.4, 0.5) is 11.4 Å². The molecule has 7 nitrogen and oxygen atoms in total. The number of carbonyl (C=O) groups excluding carboxylic acids is 1. The molecule has 4 aromatic carbocycles. The highest BCUT2D eigenvalue weighted by molar-refractivity contribution is 7.92. The second kappa shape index (κ2) is 12.1. The number of benzene rings is 4. The summed E-state index contributed by atoms with van der Waals surface area (Å²) in [5, 5.41) is 2.74. The van der Waals surface area contributed by atoms with Crippen molar-refractivity contribution in [2.45, 2.75) is 13.2 Å². The molecule has 1 amide bonds. The van der Waals surface area contributed by atoms with E-state index in [-0.39, 0.29) is 6.54 Å². The number of hydrogen-bond donors (Lipinski definition) is 1. The molecule has 0 saturated heterocycles. The zero-order valence-electron chi connectivity index (χ0n) is 20.4. The fraction of sp³-hybridized carbons (Fsp3) is 0.138. The number of carbonyl (C=O) groups is 1. The number of ether oxygens (including phenoxy) is 2. The molecule has 0 unspecified atom stereocenters. The molecule has 0 aliphatic carbocycles. The normalized spacial score (nSPS) is 10.9. The fourth-order valence-corrected chi connectivity index (χ4v) is 4.41. The summed E-state index contributed by atoms with van der Waals surface area (Å²) in [6, 6.07) is 33.1. The van der Waals surface area contributed by atoms with E-state index in [1.54, 1.807) is 48.5 Å². The number of rotatable bonds is 11. The molecule has 0 saturated carbocycles. The van der Waals surface area contributed by atoms with Crippen LogP contribution >= 0.6 is 0 Å². The predicted octanol–water partition coefficient (Wildman–Crippen LogP) is 5.25. The zero-order valence-corrected chi connectivity index (χ0v) is 21.2. The molecule has 0 aromatic heterocycles. The number of hydrogen-bond acceptors (Lipinski definition) is 5. The average molecular weight is 517 g/mol. The topological polar surface area (TPSA) is 84.9 Å². The Hall–Kier alpha value is -4.30. The van der Waals surface area contributed by atoms with Gasteiger partial charge in [0, 0.05) is 5.69 Å². The Morgan fingerprint density at radius 1 is 0.703 bits per heavy atom.